The van der Waals surface area contributed by atoms with Crippen LogP contribution in [0.3, 0.4) is 0 Å². The molecule has 1 amide bonds. The van der Waals surface area contributed by atoms with Gasteiger partial charge in [-0.1, -0.05) is 54.1 Å². The fraction of sp³-hybridized carbons (Fsp3) is 0.130. The number of esters is 1. The predicted octanol–water partition coefficient (Wildman–Crippen LogP) is 3.68. The highest BCUT2D eigenvalue weighted by atomic mass is 35.5. The van der Waals surface area contributed by atoms with Gasteiger partial charge in [0.1, 0.15) is 11.9 Å². The zero-order chi connectivity index (χ0) is 24.2. The van der Waals surface area contributed by atoms with Gasteiger partial charge in [-0.25, -0.2) is 17.6 Å². The van der Waals surface area contributed by atoms with E-state index in [1.54, 1.807) is 30.3 Å². The number of rotatable bonds is 8. The Hall–Kier alpha value is -3.27. The largest absolute Gasteiger partial charge is 0.465 e. The first-order valence-electron chi connectivity index (χ1n) is 9.63. The molecule has 172 valence electrons. The normalized spacial score (nSPS) is 12.4. The molecular formula is C23H20ClFN2O5S. The highest BCUT2D eigenvalue weighted by Gasteiger charge is 2.36. The van der Waals surface area contributed by atoms with Crippen LogP contribution < -0.4 is 5.73 Å². The third-order valence-electron chi connectivity index (χ3n) is 4.88. The van der Waals surface area contributed by atoms with Crippen molar-refractivity contribution < 1.29 is 27.1 Å². The van der Waals surface area contributed by atoms with Crippen LogP contribution in [-0.4, -0.2) is 31.7 Å². The second kappa shape index (κ2) is 10.1. The number of primary amides is 1. The zero-order valence-corrected chi connectivity index (χ0v) is 19.0. The van der Waals surface area contributed by atoms with Crippen molar-refractivity contribution in [1.29, 1.82) is 0 Å². The highest BCUT2D eigenvalue weighted by molar-refractivity contribution is 7.89. The summed E-state index contributed by atoms with van der Waals surface area (Å²) in [7, 11) is -3.13. The number of methoxy groups -OCH3 is 1. The van der Waals surface area contributed by atoms with Gasteiger partial charge >= 0.3 is 5.97 Å². The molecule has 0 fully saturated rings. The number of sulfonamides is 1. The Balaban J connectivity index is 2.12. The first kappa shape index (κ1) is 24.4. The number of benzene rings is 3. The number of carbonyl (C=O) groups is 2. The smallest absolute Gasteiger partial charge is 0.337 e. The lowest BCUT2D eigenvalue weighted by Crippen LogP contribution is -2.41. The van der Waals surface area contributed by atoms with Gasteiger partial charge in [-0.3, -0.25) is 4.79 Å². The molecule has 0 aliphatic carbocycles. The van der Waals surface area contributed by atoms with Crippen LogP contribution in [-0.2, 0) is 26.1 Å². The summed E-state index contributed by atoms with van der Waals surface area (Å²) in [6.45, 7) is -0.263. The number of carbonyl (C=O) groups excluding carboxylic acids is 2. The molecule has 1 atom stereocenters. The number of hydrogen-bond donors (Lipinski definition) is 1. The molecule has 3 rings (SSSR count). The Morgan fingerprint density at radius 1 is 1.06 bits per heavy atom. The molecule has 0 spiro atoms. The second-order valence-electron chi connectivity index (χ2n) is 7.03. The summed E-state index contributed by atoms with van der Waals surface area (Å²) in [5, 5.41) is -0.381. The van der Waals surface area contributed by atoms with Crippen LogP contribution >= 0.6 is 11.6 Å². The van der Waals surface area contributed by atoms with Crippen molar-refractivity contribution in [3.05, 3.63) is 100 Å². The average molecular weight is 491 g/mol. The third-order valence-corrected chi connectivity index (χ3v) is 6.98. The maximum absolute atomic E-state index is 13.7. The molecule has 0 bridgehead atoms. The molecule has 1 unspecified atom stereocenters. The van der Waals surface area contributed by atoms with Crippen LogP contribution in [0.5, 0.6) is 0 Å². The minimum atomic E-state index is -4.37. The SMILES string of the molecule is COC(=O)c1ccc(CN(C(C(N)=O)c2ccccc2)S(=O)(=O)c2ccc(F)c(Cl)c2)cc1. The van der Waals surface area contributed by atoms with E-state index in [-0.39, 0.29) is 22.0 Å². The van der Waals surface area contributed by atoms with E-state index in [9.17, 15) is 22.4 Å². The van der Waals surface area contributed by atoms with Gasteiger partial charge in [-0.15, -0.1) is 0 Å². The van der Waals surface area contributed by atoms with Gasteiger partial charge in [0, 0.05) is 6.54 Å². The third kappa shape index (κ3) is 5.39. The van der Waals surface area contributed by atoms with Gasteiger partial charge in [0.05, 0.1) is 22.6 Å². The lowest BCUT2D eigenvalue weighted by atomic mass is 10.1. The van der Waals surface area contributed by atoms with Crippen LogP contribution in [0, 0.1) is 5.82 Å². The minimum absolute atomic E-state index is 0.263. The monoisotopic (exact) mass is 490 g/mol. The Morgan fingerprint density at radius 3 is 2.24 bits per heavy atom. The maximum atomic E-state index is 13.7. The molecule has 2 N–H and O–H groups in total. The Kier molecular flexibility index (Phi) is 7.47. The number of nitrogens with zero attached hydrogens (tertiary/aromatic N) is 1. The van der Waals surface area contributed by atoms with E-state index in [0.29, 0.717) is 11.1 Å². The topological polar surface area (TPSA) is 107 Å². The predicted molar refractivity (Wildman–Crippen MR) is 120 cm³/mol. The fourth-order valence-corrected chi connectivity index (χ4v) is 5.08. The average Bonchev–Trinajstić information content (AvgIpc) is 2.80. The minimum Gasteiger partial charge on any atom is -0.465 e. The van der Waals surface area contributed by atoms with Crippen molar-refractivity contribution in [2.75, 3.05) is 7.11 Å². The van der Waals surface area contributed by atoms with Crippen molar-refractivity contribution >= 4 is 33.5 Å². The molecule has 0 aliphatic rings. The first-order valence-corrected chi connectivity index (χ1v) is 11.5. The van der Waals surface area contributed by atoms with Crippen molar-refractivity contribution in [1.82, 2.24) is 4.31 Å². The van der Waals surface area contributed by atoms with E-state index in [1.165, 1.54) is 31.4 Å². The zero-order valence-electron chi connectivity index (χ0n) is 17.4. The highest BCUT2D eigenvalue weighted by Crippen LogP contribution is 2.31. The summed E-state index contributed by atoms with van der Waals surface area (Å²) in [6.07, 6.45) is 0. The van der Waals surface area contributed by atoms with Crippen molar-refractivity contribution in [2.24, 2.45) is 5.73 Å². The van der Waals surface area contributed by atoms with E-state index >= 15 is 0 Å². The van der Waals surface area contributed by atoms with E-state index in [4.69, 9.17) is 17.3 Å². The van der Waals surface area contributed by atoms with Gasteiger partial charge in [0.2, 0.25) is 15.9 Å². The van der Waals surface area contributed by atoms with Crippen LogP contribution in [0.4, 0.5) is 4.39 Å². The molecule has 33 heavy (non-hydrogen) atoms. The number of ether oxygens (including phenoxy) is 1. The second-order valence-corrected chi connectivity index (χ2v) is 9.33. The standard InChI is InChI=1S/C23H20ClFN2O5S/c1-32-23(29)17-9-7-15(8-10-17)14-27(21(22(26)28)16-5-3-2-4-6-16)33(30,31)18-11-12-20(25)19(24)13-18/h2-13,21H,14H2,1H3,(H2,26,28). The Morgan fingerprint density at radius 2 is 1.70 bits per heavy atom. The summed E-state index contributed by atoms with van der Waals surface area (Å²) >= 11 is 5.81. The van der Waals surface area contributed by atoms with E-state index in [2.05, 4.69) is 4.74 Å². The van der Waals surface area contributed by atoms with Crippen LogP contribution in [0.1, 0.15) is 27.5 Å². The molecule has 3 aromatic carbocycles. The molecular weight excluding hydrogens is 471 g/mol. The lowest BCUT2D eigenvalue weighted by Gasteiger charge is -2.29. The van der Waals surface area contributed by atoms with Gasteiger partial charge < -0.3 is 10.5 Å². The van der Waals surface area contributed by atoms with Crippen LogP contribution in [0.15, 0.2) is 77.7 Å². The molecule has 0 heterocycles. The molecule has 0 saturated carbocycles. The molecule has 3 aromatic rings. The van der Waals surface area contributed by atoms with Gasteiger partial charge in [0.25, 0.3) is 0 Å². The number of amides is 1. The summed E-state index contributed by atoms with van der Waals surface area (Å²) in [6, 6.07) is 15.8. The van der Waals surface area contributed by atoms with E-state index in [1.807, 2.05) is 0 Å². The molecule has 0 aliphatic heterocycles. The van der Waals surface area contributed by atoms with Crippen LogP contribution in [0.2, 0.25) is 5.02 Å². The van der Waals surface area contributed by atoms with Gasteiger partial charge in [-0.05, 0) is 41.5 Å². The molecule has 0 aromatic heterocycles. The fourth-order valence-electron chi connectivity index (χ4n) is 3.24. The van der Waals surface area contributed by atoms with Crippen LogP contribution in [0.25, 0.3) is 0 Å². The summed E-state index contributed by atoms with van der Waals surface area (Å²) in [5.74, 6) is -2.23. The number of nitrogens with two attached hydrogens (primary N) is 1. The van der Waals surface area contributed by atoms with Crippen molar-refractivity contribution in [2.45, 2.75) is 17.5 Å². The maximum Gasteiger partial charge on any atom is 0.337 e. The first-order chi connectivity index (χ1) is 15.6. The quantitative estimate of drug-likeness (QED) is 0.485. The van der Waals surface area contributed by atoms with E-state index < -0.39 is 33.8 Å². The Bertz CT molecular complexity index is 1270. The number of hydrogen-bond acceptors (Lipinski definition) is 5. The van der Waals surface area contributed by atoms with Crippen molar-refractivity contribution in [3.8, 4) is 0 Å². The summed E-state index contributed by atoms with van der Waals surface area (Å²) < 4.78 is 46.5. The Labute approximate surface area is 195 Å². The van der Waals surface area contributed by atoms with Gasteiger partial charge in [0.15, 0.2) is 0 Å². The van der Waals surface area contributed by atoms with Gasteiger partial charge in [-0.2, -0.15) is 4.31 Å². The molecule has 10 heteroatoms. The molecule has 0 saturated heterocycles. The number of halogens is 2. The lowest BCUT2D eigenvalue weighted by molar-refractivity contribution is -0.122. The van der Waals surface area contributed by atoms with Crippen molar-refractivity contribution in [3.63, 3.8) is 0 Å². The molecule has 7 nitrogen and oxygen atoms in total. The van der Waals surface area contributed by atoms with E-state index in [0.717, 1.165) is 22.5 Å². The summed E-state index contributed by atoms with van der Waals surface area (Å²) in [5.41, 5.74) is 6.74. The summed E-state index contributed by atoms with van der Waals surface area (Å²) in [4.78, 5) is 23.9. The molecule has 0 radical (unpaired) electrons.